The van der Waals surface area contributed by atoms with Crippen LogP contribution in [-0.2, 0) is 11.3 Å². The summed E-state index contributed by atoms with van der Waals surface area (Å²) in [5.41, 5.74) is 7.86. The number of rotatable bonds is 7. The molecule has 0 fully saturated rings. The molecule has 1 amide bonds. The molecule has 0 aliphatic carbocycles. The van der Waals surface area contributed by atoms with Gasteiger partial charge in [-0.1, -0.05) is 39.8 Å². The third-order valence-electron chi connectivity index (χ3n) is 3.52. The lowest BCUT2D eigenvalue weighted by Crippen LogP contribution is -2.39. The molecular formula is C16H27N3O. The highest BCUT2D eigenvalue weighted by Crippen LogP contribution is 2.13. The van der Waals surface area contributed by atoms with Crippen molar-refractivity contribution in [3.05, 3.63) is 29.8 Å². The summed E-state index contributed by atoms with van der Waals surface area (Å²) in [5.74, 6) is 0.00819. The molecule has 1 aromatic rings. The van der Waals surface area contributed by atoms with E-state index in [2.05, 4.69) is 30.1 Å². The van der Waals surface area contributed by atoms with Crippen LogP contribution in [0.25, 0.3) is 0 Å². The van der Waals surface area contributed by atoms with E-state index in [0.717, 1.165) is 25.3 Å². The standard InChI is InChI=1S/C16H27N3O/c1-5-19(6-2)11-13-8-7-9-14(10-13)18-16(20)15(17)12(3)4/h7-10,12,15H,5-6,11,17H2,1-4H3,(H,18,20)/t15-/m0/s1. The largest absolute Gasteiger partial charge is 0.325 e. The van der Waals surface area contributed by atoms with Crippen LogP contribution in [0.2, 0.25) is 0 Å². The number of carbonyl (C=O) groups excluding carboxylic acids is 1. The van der Waals surface area contributed by atoms with Crippen molar-refractivity contribution in [2.45, 2.75) is 40.3 Å². The van der Waals surface area contributed by atoms with E-state index in [1.807, 2.05) is 32.0 Å². The molecule has 4 heteroatoms. The van der Waals surface area contributed by atoms with Crippen molar-refractivity contribution in [3.8, 4) is 0 Å². The van der Waals surface area contributed by atoms with Gasteiger partial charge in [0.2, 0.25) is 5.91 Å². The van der Waals surface area contributed by atoms with Gasteiger partial charge in [-0.3, -0.25) is 9.69 Å². The van der Waals surface area contributed by atoms with Crippen LogP contribution in [0.5, 0.6) is 0 Å². The van der Waals surface area contributed by atoms with Crippen molar-refractivity contribution in [1.29, 1.82) is 0 Å². The number of anilines is 1. The predicted octanol–water partition coefficient (Wildman–Crippen LogP) is 2.45. The molecule has 0 heterocycles. The molecule has 1 rings (SSSR count). The number of benzene rings is 1. The minimum absolute atomic E-state index is 0.125. The molecule has 0 aromatic heterocycles. The fraction of sp³-hybridized carbons (Fsp3) is 0.562. The van der Waals surface area contributed by atoms with Crippen molar-refractivity contribution in [1.82, 2.24) is 4.90 Å². The number of carbonyl (C=O) groups is 1. The number of nitrogens with two attached hydrogens (primary N) is 1. The summed E-state index contributed by atoms with van der Waals surface area (Å²) in [6, 6.07) is 7.49. The van der Waals surface area contributed by atoms with E-state index in [1.54, 1.807) is 0 Å². The minimum Gasteiger partial charge on any atom is -0.325 e. The van der Waals surface area contributed by atoms with Crippen molar-refractivity contribution >= 4 is 11.6 Å². The van der Waals surface area contributed by atoms with Gasteiger partial charge >= 0.3 is 0 Å². The number of hydrogen-bond acceptors (Lipinski definition) is 3. The van der Waals surface area contributed by atoms with Crippen molar-refractivity contribution in [3.63, 3.8) is 0 Å². The summed E-state index contributed by atoms with van der Waals surface area (Å²) in [4.78, 5) is 14.3. The lowest BCUT2D eigenvalue weighted by Gasteiger charge is -2.19. The van der Waals surface area contributed by atoms with E-state index in [-0.39, 0.29) is 11.8 Å². The van der Waals surface area contributed by atoms with E-state index in [1.165, 1.54) is 5.56 Å². The smallest absolute Gasteiger partial charge is 0.241 e. The molecule has 20 heavy (non-hydrogen) atoms. The van der Waals surface area contributed by atoms with Crippen LogP contribution in [0.3, 0.4) is 0 Å². The summed E-state index contributed by atoms with van der Waals surface area (Å²) < 4.78 is 0. The van der Waals surface area contributed by atoms with E-state index < -0.39 is 6.04 Å². The van der Waals surface area contributed by atoms with Crippen LogP contribution in [0.15, 0.2) is 24.3 Å². The Morgan fingerprint density at radius 3 is 2.50 bits per heavy atom. The van der Waals surface area contributed by atoms with Crippen LogP contribution < -0.4 is 11.1 Å². The number of amides is 1. The Labute approximate surface area is 122 Å². The molecule has 1 atom stereocenters. The first-order valence-electron chi connectivity index (χ1n) is 7.35. The van der Waals surface area contributed by atoms with Gasteiger partial charge in [-0.25, -0.2) is 0 Å². The van der Waals surface area contributed by atoms with Gasteiger partial charge < -0.3 is 11.1 Å². The molecule has 0 aliphatic heterocycles. The van der Waals surface area contributed by atoms with Crippen molar-refractivity contribution < 1.29 is 4.79 Å². The van der Waals surface area contributed by atoms with Crippen LogP contribution in [0.1, 0.15) is 33.3 Å². The Hall–Kier alpha value is -1.39. The first-order chi connectivity index (χ1) is 9.47. The number of nitrogens with zero attached hydrogens (tertiary/aromatic N) is 1. The van der Waals surface area contributed by atoms with Gasteiger partial charge in [-0.2, -0.15) is 0 Å². The van der Waals surface area contributed by atoms with E-state index in [9.17, 15) is 4.79 Å². The van der Waals surface area contributed by atoms with Gasteiger partial charge in [-0.15, -0.1) is 0 Å². The quantitative estimate of drug-likeness (QED) is 0.805. The summed E-state index contributed by atoms with van der Waals surface area (Å²) in [5, 5.41) is 2.89. The van der Waals surface area contributed by atoms with Gasteiger partial charge in [0.05, 0.1) is 6.04 Å². The van der Waals surface area contributed by atoms with Gasteiger partial charge in [0.25, 0.3) is 0 Å². The van der Waals surface area contributed by atoms with Crippen LogP contribution in [0, 0.1) is 5.92 Å². The summed E-state index contributed by atoms with van der Waals surface area (Å²) >= 11 is 0. The SMILES string of the molecule is CCN(CC)Cc1cccc(NC(=O)[C@@H](N)C(C)C)c1. The molecule has 0 saturated carbocycles. The highest BCUT2D eigenvalue weighted by atomic mass is 16.2. The Kier molecular flexibility index (Phi) is 6.68. The Balaban J connectivity index is 2.71. The van der Waals surface area contributed by atoms with Gasteiger partial charge in [0.15, 0.2) is 0 Å². The van der Waals surface area contributed by atoms with E-state index in [4.69, 9.17) is 5.73 Å². The Bertz CT molecular complexity index is 427. The monoisotopic (exact) mass is 277 g/mol. The Morgan fingerprint density at radius 1 is 1.30 bits per heavy atom. The fourth-order valence-corrected chi connectivity index (χ4v) is 1.98. The molecule has 4 nitrogen and oxygen atoms in total. The zero-order valence-electron chi connectivity index (χ0n) is 13.0. The molecule has 0 aliphatic rings. The molecule has 112 valence electrons. The predicted molar refractivity (Wildman–Crippen MR) is 84.5 cm³/mol. The zero-order chi connectivity index (χ0) is 15.1. The maximum absolute atomic E-state index is 12.0. The summed E-state index contributed by atoms with van der Waals surface area (Å²) in [6.07, 6.45) is 0. The zero-order valence-corrected chi connectivity index (χ0v) is 13.0. The lowest BCUT2D eigenvalue weighted by molar-refractivity contribution is -0.118. The summed E-state index contributed by atoms with van der Waals surface area (Å²) in [7, 11) is 0. The molecule has 0 radical (unpaired) electrons. The van der Waals surface area contributed by atoms with Crippen LogP contribution in [0.4, 0.5) is 5.69 Å². The first kappa shape index (κ1) is 16.7. The van der Waals surface area contributed by atoms with Gasteiger partial charge in [0.1, 0.15) is 0 Å². The third-order valence-corrected chi connectivity index (χ3v) is 3.52. The summed E-state index contributed by atoms with van der Waals surface area (Å²) in [6.45, 7) is 11.1. The molecule has 3 N–H and O–H groups in total. The lowest BCUT2D eigenvalue weighted by atomic mass is 10.0. The highest BCUT2D eigenvalue weighted by Gasteiger charge is 2.17. The molecule has 1 aromatic carbocycles. The molecule has 0 saturated heterocycles. The molecule has 0 bridgehead atoms. The van der Waals surface area contributed by atoms with Crippen LogP contribution >= 0.6 is 0 Å². The van der Waals surface area contributed by atoms with Crippen molar-refractivity contribution in [2.24, 2.45) is 11.7 Å². The van der Waals surface area contributed by atoms with E-state index in [0.29, 0.717) is 0 Å². The Morgan fingerprint density at radius 2 is 1.95 bits per heavy atom. The minimum atomic E-state index is -0.471. The topological polar surface area (TPSA) is 58.4 Å². The maximum atomic E-state index is 12.0. The second kappa shape index (κ2) is 8.02. The molecule has 0 unspecified atom stereocenters. The first-order valence-corrected chi connectivity index (χ1v) is 7.35. The second-order valence-corrected chi connectivity index (χ2v) is 5.42. The normalized spacial score (nSPS) is 12.8. The van der Waals surface area contributed by atoms with Crippen molar-refractivity contribution in [2.75, 3.05) is 18.4 Å². The molecular weight excluding hydrogens is 250 g/mol. The second-order valence-electron chi connectivity index (χ2n) is 5.42. The van der Waals surface area contributed by atoms with Gasteiger partial charge in [0, 0.05) is 12.2 Å². The maximum Gasteiger partial charge on any atom is 0.241 e. The highest BCUT2D eigenvalue weighted by molar-refractivity contribution is 5.94. The number of nitrogens with one attached hydrogen (secondary N) is 1. The fourth-order valence-electron chi connectivity index (χ4n) is 1.98. The average molecular weight is 277 g/mol. The van der Waals surface area contributed by atoms with E-state index >= 15 is 0 Å². The number of hydrogen-bond donors (Lipinski definition) is 2. The van der Waals surface area contributed by atoms with Gasteiger partial charge in [-0.05, 0) is 36.7 Å². The van der Waals surface area contributed by atoms with Crippen LogP contribution in [-0.4, -0.2) is 29.9 Å². The molecule has 0 spiro atoms. The third kappa shape index (κ3) is 4.94. The average Bonchev–Trinajstić information content (AvgIpc) is 2.44.